The lowest BCUT2D eigenvalue weighted by Crippen LogP contribution is -2.41. The molecule has 2 saturated heterocycles. The maximum Gasteiger partial charge on any atom is 0.233 e. The molecule has 0 aromatic heterocycles. The van der Waals surface area contributed by atoms with E-state index in [2.05, 4.69) is 22.0 Å². The monoisotopic (exact) mass is 316 g/mol. The van der Waals surface area contributed by atoms with Gasteiger partial charge in [0, 0.05) is 19.6 Å². The Labute approximate surface area is 136 Å². The van der Waals surface area contributed by atoms with Gasteiger partial charge in [-0.2, -0.15) is 0 Å². The molecule has 0 spiro atoms. The molecule has 2 heterocycles. The van der Waals surface area contributed by atoms with E-state index in [1.807, 2.05) is 0 Å². The summed E-state index contributed by atoms with van der Waals surface area (Å²) in [4.78, 5) is 33.0. The first-order valence-corrected chi connectivity index (χ1v) is 8.75. The first-order valence-electron chi connectivity index (χ1n) is 8.75. The topological polar surface area (TPSA) is 79.0 Å². The SMILES string of the molecule is NC(=NCCN1C(=O)C2C3C=CC(C3)C2C1=O)N1CCCCC1. The summed E-state index contributed by atoms with van der Waals surface area (Å²) in [5.74, 6) is 0.876. The van der Waals surface area contributed by atoms with E-state index in [-0.39, 0.29) is 35.5 Å². The van der Waals surface area contributed by atoms with Crippen LogP contribution in [0.1, 0.15) is 25.7 Å². The van der Waals surface area contributed by atoms with Crippen molar-refractivity contribution in [3.8, 4) is 0 Å². The number of likely N-dealkylation sites (tertiary alicyclic amines) is 2. The second-order valence-electron chi connectivity index (χ2n) is 7.12. The fraction of sp³-hybridized carbons (Fsp3) is 0.706. The van der Waals surface area contributed by atoms with Crippen molar-refractivity contribution in [2.24, 2.45) is 34.4 Å². The number of guanidine groups is 1. The number of carbonyl (C=O) groups is 2. The Morgan fingerprint density at radius 1 is 1.09 bits per heavy atom. The van der Waals surface area contributed by atoms with Crippen molar-refractivity contribution in [2.75, 3.05) is 26.2 Å². The van der Waals surface area contributed by atoms with Gasteiger partial charge in [0.25, 0.3) is 0 Å². The van der Waals surface area contributed by atoms with Crippen LogP contribution in [-0.2, 0) is 9.59 Å². The number of rotatable bonds is 3. The quantitative estimate of drug-likeness (QED) is 0.358. The van der Waals surface area contributed by atoms with E-state index in [9.17, 15) is 9.59 Å². The van der Waals surface area contributed by atoms with Crippen LogP contribution < -0.4 is 5.73 Å². The smallest absolute Gasteiger partial charge is 0.233 e. The normalized spacial score (nSPS) is 36.3. The zero-order valence-corrected chi connectivity index (χ0v) is 13.4. The second kappa shape index (κ2) is 5.65. The largest absolute Gasteiger partial charge is 0.370 e. The Kier molecular flexibility index (Phi) is 3.62. The van der Waals surface area contributed by atoms with E-state index in [1.54, 1.807) is 0 Å². The number of piperidine rings is 1. The van der Waals surface area contributed by atoms with Crippen LogP contribution in [0.4, 0.5) is 0 Å². The average Bonchev–Trinajstić information content (AvgIpc) is 3.25. The highest BCUT2D eigenvalue weighted by Crippen LogP contribution is 2.52. The van der Waals surface area contributed by atoms with Crippen LogP contribution in [-0.4, -0.2) is 53.8 Å². The summed E-state index contributed by atoms with van der Waals surface area (Å²) >= 11 is 0. The fourth-order valence-electron chi connectivity index (χ4n) is 4.67. The number of amides is 2. The molecule has 23 heavy (non-hydrogen) atoms. The van der Waals surface area contributed by atoms with Crippen LogP contribution in [0.15, 0.2) is 17.1 Å². The fourth-order valence-corrected chi connectivity index (χ4v) is 4.67. The predicted molar refractivity (Wildman–Crippen MR) is 86.4 cm³/mol. The number of nitrogens with zero attached hydrogens (tertiary/aromatic N) is 3. The Balaban J connectivity index is 1.37. The number of imide groups is 1. The highest BCUT2D eigenvalue weighted by Gasteiger charge is 2.58. The molecular weight excluding hydrogens is 292 g/mol. The molecule has 4 rings (SSSR count). The number of carbonyl (C=O) groups excluding carboxylic acids is 2. The van der Waals surface area contributed by atoms with Crippen LogP contribution in [0.5, 0.6) is 0 Å². The number of nitrogens with two attached hydrogens (primary N) is 1. The lowest BCUT2D eigenvalue weighted by atomic mass is 9.85. The number of aliphatic imine (C=N–C) groups is 1. The maximum absolute atomic E-state index is 12.5. The van der Waals surface area contributed by atoms with E-state index in [0.29, 0.717) is 19.0 Å². The van der Waals surface area contributed by atoms with Crippen LogP contribution in [0, 0.1) is 23.7 Å². The molecule has 2 amide bonds. The second-order valence-corrected chi connectivity index (χ2v) is 7.12. The first-order chi connectivity index (χ1) is 11.2. The molecule has 0 radical (unpaired) electrons. The Bertz CT molecular complexity index is 549. The first kappa shape index (κ1) is 14.7. The average molecular weight is 316 g/mol. The Morgan fingerprint density at radius 3 is 2.30 bits per heavy atom. The third-order valence-electron chi connectivity index (χ3n) is 5.84. The summed E-state index contributed by atoms with van der Waals surface area (Å²) in [6.07, 6.45) is 8.76. The molecule has 2 aliphatic heterocycles. The van der Waals surface area contributed by atoms with Crippen molar-refractivity contribution in [3.63, 3.8) is 0 Å². The Hall–Kier alpha value is -1.85. The molecule has 3 fully saturated rings. The van der Waals surface area contributed by atoms with E-state index >= 15 is 0 Å². The summed E-state index contributed by atoms with van der Waals surface area (Å²) in [6, 6.07) is 0. The van der Waals surface area contributed by atoms with Gasteiger partial charge in [-0.1, -0.05) is 12.2 Å². The van der Waals surface area contributed by atoms with Gasteiger partial charge in [-0.15, -0.1) is 0 Å². The van der Waals surface area contributed by atoms with Crippen molar-refractivity contribution in [3.05, 3.63) is 12.2 Å². The molecule has 6 heteroatoms. The molecule has 4 unspecified atom stereocenters. The standard InChI is InChI=1S/C17H24N4O2/c18-17(20-7-2-1-3-8-20)19-6-9-21-15(22)13-11-4-5-12(10-11)14(13)16(21)23/h4-5,11-14H,1-3,6-10H2,(H2,18,19). The van der Waals surface area contributed by atoms with E-state index in [1.165, 1.54) is 11.3 Å². The number of hydrogen-bond donors (Lipinski definition) is 1. The van der Waals surface area contributed by atoms with Crippen LogP contribution >= 0.6 is 0 Å². The maximum atomic E-state index is 12.5. The molecule has 0 aromatic carbocycles. The highest BCUT2D eigenvalue weighted by molar-refractivity contribution is 6.06. The van der Waals surface area contributed by atoms with Gasteiger partial charge in [0.1, 0.15) is 0 Å². The molecule has 4 atom stereocenters. The summed E-state index contributed by atoms with van der Waals surface area (Å²) in [6.45, 7) is 2.67. The lowest BCUT2D eigenvalue weighted by molar-refractivity contribution is -0.140. The molecule has 0 aromatic rings. The lowest BCUT2D eigenvalue weighted by Gasteiger charge is -2.27. The molecule has 124 valence electrons. The van der Waals surface area contributed by atoms with Crippen molar-refractivity contribution in [1.82, 2.24) is 9.80 Å². The van der Waals surface area contributed by atoms with Crippen LogP contribution in [0.3, 0.4) is 0 Å². The van der Waals surface area contributed by atoms with Crippen molar-refractivity contribution in [1.29, 1.82) is 0 Å². The van der Waals surface area contributed by atoms with Crippen molar-refractivity contribution < 1.29 is 9.59 Å². The number of allylic oxidation sites excluding steroid dienone is 2. The highest BCUT2D eigenvalue weighted by atomic mass is 16.2. The zero-order valence-electron chi connectivity index (χ0n) is 13.4. The molecule has 4 aliphatic rings. The molecule has 2 bridgehead atoms. The van der Waals surface area contributed by atoms with Gasteiger partial charge in [-0.3, -0.25) is 19.5 Å². The van der Waals surface area contributed by atoms with E-state index in [4.69, 9.17) is 5.73 Å². The summed E-state index contributed by atoms with van der Waals surface area (Å²) in [7, 11) is 0. The van der Waals surface area contributed by atoms with Gasteiger partial charge in [0.2, 0.25) is 11.8 Å². The molecular formula is C17H24N4O2. The molecule has 2 N–H and O–H groups in total. The van der Waals surface area contributed by atoms with Gasteiger partial charge in [0.05, 0.1) is 18.4 Å². The predicted octanol–water partition coefficient (Wildman–Crippen LogP) is 0.594. The van der Waals surface area contributed by atoms with Gasteiger partial charge in [-0.25, -0.2) is 0 Å². The summed E-state index contributed by atoms with van der Waals surface area (Å²) < 4.78 is 0. The van der Waals surface area contributed by atoms with Crippen molar-refractivity contribution >= 4 is 17.8 Å². The van der Waals surface area contributed by atoms with E-state index < -0.39 is 0 Å². The molecule has 2 aliphatic carbocycles. The Morgan fingerprint density at radius 2 is 1.70 bits per heavy atom. The summed E-state index contributed by atoms with van der Waals surface area (Å²) in [5.41, 5.74) is 6.03. The van der Waals surface area contributed by atoms with Crippen LogP contribution in [0.2, 0.25) is 0 Å². The third-order valence-corrected chi connectivity index (χ3v) is 5.84. The zero-order chi connectivity index (χ0) is 16.0. The minimum atomic E-state index is -0.110. The third kappa shape index (κ3) is 2.35. The number of fused-ring (bicyclic) bond motifs is 5. The van der Waals surface area contributed by atoms with Crippen LogP contribution in [0.25, 0.3) is 0 Å². The minimum Gasteiger partial charge on any atom is -0.370 e. The van der Waals surface area contributed by atoms with Crippen molar-refractivity contribution in [2.45, 2.75) is 25.7 Å². The van der Waals surface area contributed by atoms with Gasteiger partial charge in [-0.05, 0) is 37.5 Å². The molecule has 1 saturated carbocycles. The minimum absolute atomic E-state index is 0.00333. The van der Waals surface area contributed by atoms with Gasteiger partial charge in [0.15, 0.2) is 5.96 Å². The van der Waals surface area contributed by atoms with Gasteiger partial charge < -0.3 is 10.6 Å². The number of hydrogen-bond acceptors (Lipinski definition) is 3. The van der Waals surface area contributed by atoms with Gasteiger partial charge >= 0.3 is 0 Å². The molecule has 6 nitrogen and oxygen atoms in total. The van der Waals surface area contributed by atoms with E-state index in [0.717, 1.165) is 32.4 Å². The summed E-state index contributed by atoms with van der Waals surface area (Å²) in [5, 5.41) is 0.